The van der Waals surface area contributed by atoms with E-state index in [1.165, 1.54) is 11.9 Å². The number of imide groups is 1. The van der Waals surface area contributed by atoms with Crippen molar-refractivity contribution in [1.82, 2.24) is 39.8 Å². The number of nitrogens with two attached hydrogens (primary N) is 1. The van der Waals surface area contributed by atoms with Crippen molar-refractivity contribution in [2.45, 2.75) is 62.3 Å². The molecular formula is C39H50N12O7. The van der Waals surface area contributed by atoms with E-state index in [-0.39, 0.29) is 47.4 Å². The minimum Gasteiger partial charge on any atom is -0.457 e. The molecule has 6 heterocycles. The Balaban J connectivity index is 0.929. The number of hydrogen-bond acceptors (Lipinski definition) is 15. The molecule has 4 N–H and O–H groups in total. The molecule has 0 spiro atoms. The van der Waals surface area contributed by atoms with Gasteiger partial charge in [0.2, 0.25) is 11.8 Å². The maximum atomic E-state index is 13.3. The van der Waals surface area contributed by atoms with Crippen molar-refractivity contribution in [1.29, 1.82) is 0 Å². The smallest absolute Gasteiger partial charge is 0.293 e. The number of primary amides is 1. The first-order valence-corrected chi connectivity index (χ1v) is 19.5. The quantitative estimate of drug-likeness (QED) is 0.150. The van der Waals surface area contributed by atoms with E-state index < -0.39 is 29.4 Å². The lowest BCUT2D eigenvalue weighted by Gasteiger charge is -2.55. The average molecular weight is 799 g/mol. The Morgan fingerprint density at radius 2 is 1.84 bits per heavy atom. The van der Waals surface area contributed by atoms with Gasteiger partial charge < -0.3 is 30.5 Å². The van der Waals surface area contributed by atoms with E-state index in [1.54, 1.807) is 42.5 Å². The first-order valence-electron chi connectivity index (χ1n) is 19.5. The van der Waals surface area contributed by atoms with Crippen LogP contribution in [0.4, 0.5) is 23.0 Å². The fourth-order valence-corrected chi connectivity index (χ4v) is 8.71. The standard InChI is InChI=1S/C39H50N12O7/c1-46(29-5-4-12-50(19-29)32-17-41-34(35(40)55)36(44-32)43-26-16-42-47(2)18-26)21-39(58-24-53)22-51(23-39)27-10-13-49(14-11-27)28-6-7-30(25(15-28)20-52)38(57)48(3)31-8-9-33(54)45-37(31)56/h6-7,15-18,20,24,27,29,31H,4-5,8-14,19,21-23H2,1-3H3,(H2,40,55)(H,43,44)(H,45,54,56). The molecule has 0 bridgehead atoms. The average Bonchev–Trinajstić information content (AvgIpc) is 3.62. The number of carbonyl (C=O) groups is 6. The lowest BCUT2D eigenvalue weighted by Crippen LogP contribution is -2.70. The Morgan fingerprint density at radius 3 is 2.52 bits per heavy atom. The molecule has 2 unspecified atom stereocenters. The zero-order valence-corrected chi connectivity index (χ0v) is 33.0. The third-order valence-corrected chi connectivity index (χ3v) is 11.9. The van der Waals surface area contributed by atoms with Gasteiger partial charge in [-0.1, -0.05) is 0 Å². The Morgan fingerprint density at radius 1 is 1.07 bits per heavy atom. The molecule has 58 heavy (non-hydrogen) atoms. The lowest BCUT2D eigenvalue weighted by atomic mass is 9.87. The maximum Gasteiger partial charge on any atom is 0.293 e. The second-order valence-electron chi connectivity index (χ2n) is 15.8. The minimum atomic E-state index is -0.787. The van der Waals surface area contributed by atoms with Crippen LogP contribution < -0.4 is 26.2 Å². The van der Waals surface area contributed by atoms with Crippen LogP contribution in [0.3, 0.4) is 0 Å². The van der Waals surface area contributed by atoms with Crippen LogP contribution in [-0.2, 0) is 26.2 Å². The number of nitrogens with one attached hydrogen (secondary N) is 2. The third-order valence-electron chi connectivity index (χ3n) is 11.9. The molecule has 0 aliphatic carbocycles. The number of likely N-dealkylation sites (tertiary alicyclic amines) is 1. The number of aldehydes is 1. The summed E-state index contributed by atoms with van der Waals surface area (Å²) in [6.07, 6.45) is 9.60. The van der Waals surface area contributed by atoms with Gasteiger partial charge in [-0.2, -0.15) is 5.10 Å². The molecule has 308 valence electrons. The second kappa shape index (κ2) is 16.9. The Kier molecular flexibility index (Phi) is 11.7. The molecular weight excluding hydrogens is 749 g/mol. The number of aryl methyl sites for hydroxylation is 1. The van der Waals surface area contributed by atoms with E-state index in [1.807, 2.05) is 6.07 Å². The molecule has 3 aromatic rings. The van der Waals surface area contributed by atoms with Crippen molar-refractivity contribution in [3.8, 4) is 0 Å². The Hall–Kier alpha value is -5.95. The number of aromatic nitrogens is 4. The summed E-state index contributed by atoms with van der Waals surface area (Å²) in [4.78, 5) is 92.7. The van der Waals surface area contributed by atoms with Crippen LogP contribution in [0.25, 0.3) is 0 Å². The molecule has 4 fully saturated rings. The summed E-state index contributed by atoms with van der Waals surface area (Å²) < 4.78 is 7.45. The fraction of sp³-hybridized carbons (Fsp3) is 0.513. The summed E-state index contributed by atoms with van der Waals surface area (Å²) in [5.74, 6) is -1.14. The number of carbonyl (C=O) groups excluding carboxylic acids is 6. The predicted molar refractivity (Wildman–Crippen MR) is 212 cm³/mol. The number of piperidine rings is 3. The number of nitrogens with zero attached hydrogens (tertiary/aromatic N) is 9. The summed E-state index contributed by atoms with van der Waals surface area (Å²) in [6.45, 7) is 5.28. The highest BCUT2D eigenvalue weighted by molar-refractivity contribution is 6.06. The van der Waals surface area contributed by atoms with Crippen LogP contribution in [0, 0.1) is 0 Å². The molecule has 4 aliphatic heterocycles. The van der Waals surface area contributed by atoms with E-state index in [4.69, 9.17) is 15.5 Å². The molecule has 4 saturated heterocycles. The molecule has 19 heteroatoms. The second-order valence-corrected chi connectivity index (χ2v) is 15.8. The van der Waals surface area contributed by atoms with Crippen molar-refractivity contribution in [2.24, 2.45) is 12.8 Å². The van der Waals surface area contributed by atoms with Crippen LogP contribution in [-0.4, -0.2) is 154 Å². The van der Waals surface area contributed by atoms with Crippen LogP contribution in [0.2, 0.25) is 0 Å². The van der Waals surface area contributed by atoms with E-state index in [9.17, 15) is 28.8 Å². The molecule has 2 atom stereocenters. The summed E-state index contributed by atoms with van der Waals surface area (Å²) in [6, 6.07) is 4.83. The van der Waals surface area contributed by atoms with Crippen LogP contribution in [0.5, 0.6) is 0 Å². The van der Waals surface area contributed by atoms with Crippen LogP contribution >= 0.6 is 0 Å². The van der Waals surface area contributed by atoms with Gasteiger partial charge in [-0.15, -0.1) is 0 Å². The van der Waals surface area contributed by atoms with Gasteiger partial charge in [-0.25, -0.2) is 9.97 Å². The van der Waals surface area contributed by atoms with Gasteiger partial charge in [0.05, 0.1) is 23.6 Å². The summed E-state index contributed by atoms with van der Waals surface area (Å²) in [5, 5.41) is 9.55. The highest BCUT2D eigenvalue weighted by atomic mass is 16.5. The third kappa shape index (κ3) is 8.50. The normalized spacial score (nSPS) is 21.2. The number of benzene rings is 1. The first kappa shape index (κ1) is 40.3. The van der Waals surface area contributed by atoms with E-state index >= 15 is 0 Å². The van der Waals surface area contributed by atoms with E-state index in [0.29, 0.717) is 56.5 Å². The molecule has 7 rings (SSSR count). The Bertz CT molecular complexity index is 2060. The number of rotatable bonds is 14. The number of hydrogen-bond donors (Lipinski definition) is 3. The highest BCUT2D eigenvalue weighted by Crippen LogP contribution is 2.34. The van der Waals surface area contributed by atoms with Crippen molar-refractivity contribution < 1.29 is 33.5 Å². The maximum absolute atomic E-state index is 13.3. The Labute approximate surface area is 335 Å². The minimum absolute atomic E-state index is 0.0406. The summed E-state index contributed by atoms with van der Waals surface area (Å²) in [7, 11) is 5.35. The van der Waals surface area contributed by atoms with Gasteiger partial charge in [-0.3, -0.25) is 48.6 Å². The highest BCUT2D eigenvalue weighted by Gasteiger charge is 2.49. The van der Waals surface area contributed by atoms with E-state index in [0.717, 1.165) is 51.0 Å². The number of anilines is 4. The molecule has 0 radical (unpaired) electrons. The number of amides is 4. The molecule has 4 amide bonds. The van der Waals surface area contributed by atoms with E-state index in [2.05, 4.69) is 47.4 Å². The van der Waals surface area contributed by atoms with Crippen molar-refractivity contribution in [3.05, 3.63) is 53.6 Å². The van der Waals surface area contributed by atoms with Gasteiger partial charge in [0, 0.05) is 95.9 Å². The van der Waals surface area contributed by atoms with Gasteiger partial charge >= 0.3 is 0 Å². The van der Waals surface area contributed by atoms with Gasteiger partial charge in [0.25, 0.3) is 18.3 Å². The molecule has 2 aromatic heterocycles. The van der Waals surface area contributed by atoms with Crippen molar-refractivity contribution in [2.75, 3.05) is 75.0 Å². The largest absolute Gasteiger partial charge is 0.457 e. The predicted octanol–water partition coefficient (Wildman–Crippen LogP) is 0.539. The molecule has 4 aliphatic rings. The van der Waals surface area contributed by atoms with Crippen LogP contribution in [0.1, 0.15) is 69.7 Å². The lowest BCUT2D eigenvalue weighted by molar-refractivity contribution is -0.176. The van der Waals surface area contributed by atoms with Gasteiger partial charge in [0.15, 0.2) is 17.8 Å². The number of ether oxygens (including phenoxy) is 1. The monoisotopic (exact) mass is 798 g/mol. The van der Waals surface area contributed by atoms with Gasteiger partial charge in [-0.05, 0) is 57.4 Å². The topological polar surface area (TPSA) is 222 Å². The SMILES string of the molecule is CN(CC1(OC=O)CN(C2CCN(c3ccc(C(=O)N(C)C4CCC(=O)NC4=O)c(C=O)c3)CC2)C1)C1CCCN(c2cnc(C(N)=O)c(Nc3cnn(C)c3)n2)C1. The molecule has 0 saturated carbocycles. The van der Waals surface area contributed by atoms with Crippen molar-refractivity contribution in [3.63, 3.8) is 0 Å². The zero-order valence-electron chi connectivity index (χ0n) is 33.0. The fourth-order valence-electron chi connectivity index (χ4n) is 8.71. The first-order chi connectivity index (χ1) is 27.9. The molecule has 1 aromatic carbocycles. The zero-order chi connectivity index (χ0) is 41.1. The summed E-state index contributed by atoms with van der Waals surface area (Å²) >= 11 is 0. The van der Waals surface area contributed by atoms with Crippen LogP contribution in [0.15, 0.2) is 36.8 Å². The molecule has 19 nitrogen and oxygen atoms in total. The summed E-state index contributed by atoms with van der Waals surface area (Å²) in [5.41, 5.74) is 6.94. The number of likely N-dealkylation sites (N-methyl/N-ethyl adjacent to an activating group) is 2. The van der Waals surface area contributed by atoms with Gasteiger partial charge in [0.1, 0.15) is 17.5 Å². The van der Waals surface area contributed by atoms with Crippen molar-refractivity contribution >= 4 is 59.4 Å².